The van der Waals surface area contributed by atoms with Crippen LogP contribution < -0.4 is 16.0 Å². The highest BCUT2D eigenvalue weighted by atomic mass is 35.5. The van der Waals surface area contributed by atoms with E-state index in [0.717, 1.165) is 0 Å². The van der Waals surface area contributed by atoms with Crippen molar-refractivity contribution in [1.82, 2.24) is 20.1 Å². The summed E-state index contributed by atoms with van der Waals surface area (Å²) in [5, 5.41) is 23.1. The van der Waals surface area contributed by atoms with Crippen LogP contribution in [0.4, 0.5) is 20.6 Å². The van der Waals surface area contributed by atoms with E-state index >= 15 is 4.39 Å². The zero-order valence-corrected chi connectivity index (χ0v) is 25.4. The summed E-state index contributed by atoms with van der Waals surface area (Å²) < 4.78 is 21.6. The number of aliphatic hydroxyl groups is 1. The predicted molar refractivity (Wildman–Crippen MR) is 167 cm³/mol. The molecule has 13 heteroatoms. The molecule has 0 radical (unpaired) electrons. The molecule has 0 spiro atoms. The second-order valence-corrected chi connectivity index (χ2v) is 11.2. The van der Waals surface area contributed by atoms with Gasteiger partial charge in [-0.05, 0) is 49.2 Å². The van der Waals surface area contributed by atoms with Crippen molar-refractivity contribution in [3.05, 3.63) is 88.7 Å². The number of rotatable bonds is 6. The van der Waals surface area contributed by atoms with Crippen LogP contribution in [-0.4, -0.2) is 51.5 Å². The van der Waals surface area contributed by atoms with Gasteiger partial charge >= 0.3 is 6.09 Å². The van der Waals surface area contributed by atoms with Gasteiger partial charge in [-0.1, -0.05) is 37.1 Å². The molecule has 2 aromatic heterocycles. The van der Waals surface area contributed by atoms with Crippen molar-refractivity contribution in [2.45, 2.75) is 38.6 Å². The molecule has 45 heavy (non-hydrogen) atoms. The van der Waals surface area contributed by atoms with Gasteiger partial charge in [0.05, 0.1) is 35.8 Å². The molecule has 3 amide bonds. The molecule has 4 aromatic rings. The SMILES string of the molecule is COC(=O)Nc1ccc2c(c1)NC(=O)C(C)CCC[C@H](NC(=O)c1cn(-c3cccc(Cl)c3)nc1CCO)c1cc-2cnc1F. The Kier molecular flexibility index (Phi) is 9.74. The van der Waals surface area contributed by atoms with Crippen LogP contribution in [0.2, 0.25) is 5.02 Å². The topological polar surface area (TPSA) is 147 Å². The molecule has 4 N–H and O–H groups in total. The Labute approximate surface area is 263 Å². The molecule has 2 atom stereocenters. The number of amides is 3. The van der Waals surface area contributed by atoms with E-state index < -0.39 is 29.9 Å². The number of hydrogen-bond acceptors (Lipinski definition) is 7. The quantitative estimate of drug-likeness (QED) is 0.200. The Morgan fingerprint density at radius 3 is 2.78 bits per heavy atom. The molecule has 2 bridgehead atoms. The number of hydrogen-bond donors (Lipinski definition) is 4. The second kappa shape index (κ2) is 13.9. The van der Waals surface area contributed by atoms with Crippen LogP contribution >= 0.6 is 11.6 Å². The molecule has 5 rings (SSSR count). The number of aliphatic hydroxyl groups excluding tert-OH is 1. The maximum atomic E-state index is 15.4. The van der Waals surface area contributed by atoms with E-state index in [1.807, 2.05) is 0 Å². The van der Waals surface area contributed by atoms with Gasteiger partial charge in [-0.15, -0.1) is 0 Å². The third-order valence-electron chi connectivity index (χ3n) is 7.60. The number of anilines is 2. The Hall–Kier alpha value is -4.81. The van der Waals surface area contributed by atoms with Gasteiger partial charge in [-0.3, -0.25) is 14.9 Å². The first kappa shape index (κ1) is 31.6. The molecule has 0 saturated heterocycles. The van der Waals surface area contributed by atoms with E-state index in [9.17, 15) is 19.5 Å². The fraction of sp³-hybridized carbons (Fsp3) is 0.281. The van der Waals surface area contributed by atoms with Gasteiger partial charge in [0.1, 0.15) is 0 Å². The fourth-order valence-corrected chi connectivity index (χ4v) is 5.38. The minimum atomic E-state index is -0.792. The van der Waals surface area contributed by atoms with Gasteiger partial charge in [0.2, 0.25) is 11.9 Å². The maximum Gasteiger partial charge on any atom is 0.411 e. The number of ether oxygens (including phenoxy) is 1. The number of aromatic nitrogens is 3. The number of pyridine rings is 1. The molecule has 234 valence electrons. The van der Waals surface area contributed by atoms with Gasteiger partial charge in [-0.2, -0.15) is 9.49 Å². The van der Waals surface area contributed by atoms with Crippen LogP contribution in [0.15, 0.2) is 60.9 Å². The van der Waals surface area contributed by atoms with Gasteiger partial charge in [0.15, 0.2) is 0 Å². The number of methoxy groups -OCH3 is 1. The summed E-state index contributed by atoms with van der Waals surface area (Å²) in [6.07, 6.45) is 3.64. The molecule has 2 aromatic carbocycles. The van der Waals surface area contributed by atoms with E-state index in [0.29, 0.717) is 58.2 Å². The van der Waals surface area contributed by atoms with Crippen molar-refractivity contribution in [2.75, 3.05) is 24.4 Å². The zero-order chi connectivity index (χ0) is 32.1. The smallest absolute Gasteiger partial charge is 0.411 e. The summed E-state index contributed by atoms with van der Waals surface area (Å²) in [6, 6.07) is 12.7. The fourth-order valence-electron chi connectivity index (χ4n) is 5.20. The van der Waals surface area contributed by atoms with Gasteiger partial charge < -0.3 is 20.5 Å². The third-order valence-corrected chi connectivity index (χ3v) is 7.84. The molecule has 1 unspecified atom stereocenters. The first-order valence-corrected chi connectivity index (χ1v) is 14.8. The van der Waals surface area contributed by atoms with E-state index in [1.54, 1.807) is 61.7 Å². The summed E-state index contributed by atoms with van der Waals surface area (Å²) >= 11 is 6.15. The highest BCUT2D eigenvalue weighted by Gasteiger charge is 2.26. The van der Waals surface area contributed by atoms with Crippen molar-refractivity contribution in [3.63, 3.8) is 0 Å². The zero-order valence-electron chi connectivity index (χ0n) is 24.6. The first-order valence-electron chi connectivity index (χ1n) is 14.4. The Bertz CT molecular complexity index is 1740. The highest BCUT2D eigenvalue weighted by Crippen LogP contribution is 2.35. The van der Waals surface area contributed by atoms with Crippen molar-refractivity contribution in [1.29, 1.82) is 0 Å². The Morgan fingerprint density at radius 2 is 2.02 bits per heavy atom. The summed E-state index contributed by atoms with van der Waals surface area (Å²) in [6.45, 7) is 1.56. The molecule has 0 aliphatic carbocycles. The number of nitrogens with zero attached hydrogens (tertiary/aromatic N) is 3. The predicted octanol–water partition coefficient (Wildman–Crippen LogP) is 5.67. The average molecular weight is 635 g/mol. The molecular weight excluding hydrogens is 603 g/mol. The number of carbonyl (C=O) groups excluding carboxylic acids is 3. The summed E-state index contributed by atoms with van der Waals surface area (Å²) in [5.41, 5.74) is 3.21. The molecule has 11 nitrogen and oxygen atoms in total. The van der Waals surface area contributed by atoms with Crippen molar-refractivity contribution < 1.29 is 28.6 Å². The summed E-state index contributed by atoms with van der Waals surface area (Å²) in [5.74, 6) is -1.88. The lowest BCUT2D eigenvalue weighted by Crippen LogP contribution is -2.30. The molecule has 0 saturated carbocycles. The molecule has 1 aliphatic rings. The number of benzene rings is 2. The van der Waals surface area contributed by atoms with Crippen molar-refractivity contribution in [3.8, 4) is 16.8 Å². The van der Waals surface area contributed by atoms with Crippen molar-refractivity contribution in [2.24, 2.45) is 5.92 Å². The number of carbonyl (C=O) groups is 3. The second-order valence-electron chi connectivity index (χ2n) is 10.7. The normalized spacial score (nSPS) is 16.4. The molecule has 1 aliphatic heterocycles. The lowest BCUT2D eigenvalue weighted by atomic mass is 9.93. The van der Waals surface area contributed by atoms with Crippen LogP contribution in [0, 0.1) is 11.9 Å². The van der Waals surface area contributed by atoms with Crippen LogP contribution in [0.25, 0.3) is 16.8 Å². The van der Waals surface area contributed by atoms with E-state index in [4.69, 9.17) is 11.6 Å². The van der Waals surface area contributed by atoms with Crippen LogP contribution in [0.3, 0.4) is 0 Å². The third kappa shape index (κ3) is 7.30. The largest absolute Gasteiger partial charge is 0.453 e. The maximum absolute atomic E-state index is 15.4. The molecular formula is C32H32ClFN6O5. The number of halogens is 2. The van der Waals surface area contributed by atoms with Crippen LogP contribution in [0.5, 0.6) is 0 Å². The monoisotopic (exact) mass is 634 g/mol. The summed E-state index contributed by atoms with van der Waals surface area (Å²) in [7, 11) is 1.24. The van der Waals surface area contributed by atoms with E-state index in [-0.39, 0.29) is 30.1 Å². The minimum absolute atomic E-state index is 0.128. The summed E-state index contributed by atoms with van der Waals surface area (Å²) in [4.78, 5) is 42.7. The minimum Gasteiger partial charge on any atom is -0.453 e. The number of nitrogens with one attached hydrogen (secondary N) is 3. The highest BCUT2D eigenvalue weighted by molar-refractivity contribution is 6.30. The number of fused-ring (bicyclic) bond motifs is 4. The molecule has 3 heterocycles. The van der Waals surface area contributed by atoms with Crippen LogP contribution in [-0.2, 0) is 16.0 Å². The lowest BCUT2D eigenvalue weighted by Gasteiger charge is -2.23. The molecule has 0 fully saturated rings. The Morgan fingerprint density at radius 1 is 1.20 bits per heavy atom. The Balaban J connectivity index is 1.52. The lowest BCUT2D eigenvalue weighted by molar-refractivity contribution is -0.119. The van der Waals surface area contributed by atoms with Gasteiger partial charge in [0, 0.05) is 58.7 Å². The van der Waals surface area contributed by atoms with Gasteiger partial charge in [-0.25, -0.2) is 14.5 Å². The van der Waals surface area contributed by atoms with E-state index in [1.165, 1.54) is 18.0 Å². The first-order chi connectivity index (χ1) is 21.7. The van der Waals surface area contributed by atoms with Crippen LogP contribution in [0.1, 0.15) is 53.8 Å². The van der Waals surface area contributed by atoms with Crippen molar-refractivity contribution >= 4 is 40.9 Å². The van der Waals surface area contributed by atoms with E-state index in [2.05, 4.69) is 30.8 Å². The van der Waals surface area contributed by atoms with Gasteiger partial charge in [0.25, 0.3) is 5.91 Å². The average Bonchev–Trinajstić information content (AvgIpc) is 3.45. The standard InChI is InChI=1S/C32H32ClFN6O5/c1-18-5-3-8-26(37-31(43)25-17-40(39-27(25)11-12-41)22-7-4-6-20(33)14-22)24-13-19(16-35-29(24)34)23-10-9-21(36-32(44)45-2)15-28(23)38-30(18)42/h4,6-7,9-10,13-18,26,41H,3,5,8,11-12H2,1-2H3,(H,36,44)(H,37,43)(H,38,42)/t18?,26-/m0/s1.